The fourth-order valence-electron chi connectivity index (χ4n) is 1.48. The summed E-state index contributed by atoms with van der Waals surface area (Å²) >= 11 is 2.42. The van der Waals surface area contributed by atoms with Crippen molar-refractivity contribution >= 4 is 39.8 Å². The molecule has 1 aromatic heterocycles. The Labute approximate surface area is 126 Å². The lowest BCUT2D eigenvalue weighted by Gasteiger charge is -2.06. The van der Waals surface area contributed by atoms with Crippen LogP contribution < -0.4 is 11.1 Å². The molecule has 0 atom stereocenters. The topological polar surface area (TPSA) is 68.0 Å². The van der Waals surface area contributed by atoms with E-state index in [0.29, 0.717) is 10.8 Å². The third-order valence-electron chi connectivity index (χ3n) is 2.41. The highest BCUT2D eigenvalue weighted by atomic mass is 32.2. The number of aryl methyl sites for hydroxylation is 1. The minimum absolute atomic E-state index is 0.0269. The number of aromatic nitrogens is 1. The van der Waals surface area contributed by atoms with Crippen molar-refractivity contribution in [2.45, 2.75) is 11.1 Å². The van der Waals surface area contributed by atoms with Gasteiger partial charge in [0.1, 0.15) is 0 Å². The van der Waals surface area contributed by atoms with Crippen LogP contribution in [0.25, 0.3) is 0 Å². The minimum atomic E-state index is -1.62. The summed E-state index contributed by atoms with van der Waals surface area (Å²) in [6.07, 6.45) is 0. The van der Waals surface area contributed by atoms with Crippen LogP contribution in [0.3, 0.4) is 0 Å². The normalized spacial score (nSPS) is 10.7. The summed E-state index contributed by atoms with van der Waals surface area (Å²) in [5, 5.41) is 2.58. The molecule has 1 amide bonds. The summed E-state index contributed by atoms with van der Waals surface area (Å²) in [6, 6.07) is 1.71. The average Bonchev–Trinajstić information content (AvgIpc) is 2.75. The molecule has 0 spiro atoms. The highest BCUT2D eigenvalue weighted by Gasteiger charge is 2.16. The monoisotopic (exact) mass is 333 g/mol. The molecule has 1 heterocycles. The molecular formula is C12H10F3N3OS2. The molecule has 9 heteroatoms. The highest BCUT2D eigenvalue weighted by molar-refractivity contribution is 8.01. The fourth-order valence-corrected chi connectivity index (χ4v) is 3.30. The maximum absolute atomic E-state index is 13.4. The smallest absolute Gasteiger partial charge is 0.234 e. The van der Waals surface area contributed by atoms with E-state index in [9.17, 15) is 18.0 Å². The first-order valence-electron chi connectivity index (χ1n) is 5.67. The van der Waals surface area contributed by atoms with Crippen LogP contribution in [-0.2, 0) is 4.79 Å². The summed E-state index contributed by atoms with van der Waals surface area (Å²) in [4.78, 5) is 15.7. The van der Waals surface area contributed by atoms with E-state index in [2.05, 4.69) is 10.3 Å². The highest BCUT2D eigenvalue weighted by Crippen LogP contribution is 2.30. The van der Waals surface area contributed by atoms with Crippen LogP contribution in [0.5, 0.6) is 0 Å². The first kappa shape index (κ1) is 15.6. The summed E-state index contributed by atoms with van der Waals surface area (Å²) in [5.41, 5.74) is 5.83. The Balaban J connectivity index is 1.99. The number of nitrogens with two attached hydrogens (primary N) is 1. The van der Waals surface area contributed by atoms with Gasteiger partial charge in [-0.2, -0.15) is 0 Å². The molecule has 0 unspecified atom stereocenters. The van der Waals surface area contributed by atoms with E-state index in [1.807, 2.05) is 0 Å². The number of rotatable bonds is 4. The number of nitrogens with one attached hydrogen (secondary N) is 1. The molecule has 3 N–H and O–H groups in total. The Kier molecular flexibility index (Phi) is 4.73. The number of thioether (sulfide) groups is 1. The van der Waals surface area contributed by atoms with Gasteiger partial charge in [-0.15, -0.1) is 11.8 Å². The van der Waals surface area contributed by atoms with Gasteiger partial charge in [-0.1, -0.05) is 11.3 Å². The number of nitrogen functional groups attached to an aromatic ring is 1. The number of nitrogens with zero attached hydrogens (tertiary/aromatic N) is 1. The van der Waals surface area contributed by atoms with Gasteiger partial charge in [0.2, 0.25) is 5.91 Å². The molecule has 112 valence electrons. The zero-order valence-corrected chi connectivity index (χ0v) is 12.4. The lowest BCUT2D eigenvalue weighted by molar-refractivity contribution is -0.113. The van der Waals surface area contributed by atoms with Gasteiger partial charge in [0.15, 0.2) is 22.6 Å². The third-order valence-corrected chi connectivity index (χ3v) is 4.76. The predicted octanol–water partition coefficient (Wildman–Crippen LogP) is 3.18. The van der Waals surface area contributed by atoms with Crippen LogP contribution in [0, 0.1) is 24.4 Å². The first-order chi connectivity index (χ1) is 9.88. The van der Waals surface area contributed by atoms with Crippen LogP contribution >= 0.6 is 23.1 Å². The SMILES string of the molecule is Cc1nc(N)sc1SCC(=O)Nc1ccc(F)c(F)c1F. The molecule has 4 nitrogen and oxygen atoms in total. The Hall–Kier alpha value is -1.74. The number of benzene rings is 1. The van der Waals surface area contributed by atoms with Gasteiger partial charge in [-0.25, -0.2) is 18.2 Å². The molecule has 0 radical (unpaired) electrons. The zero-order valence-electron chi connectivity index (χ0n) is 10.7. The molecule has 2 aromatic rings. The van der Waals surface area contributed by atoms with Gasteiger partial charge >= 0.3 is 0 Å². The summed E-state index contributed by atoms with van der Waals surface area (Å²) in [5.74, 6) is -4.93. The second-order valence-corrected chi connectivity index (χ2v) is 6.26. The van der Waals surface area contributed by atoms with E-state index in [0.717, 1.165) is 16.3 Å². The van der Waals surface area contributed by atoms with E-state index in [1.54, 1.807) is 6.92 Å². The minimum Gasteiger partial charge on any atom is -0.375 e. The lowest BCUT2D eigenvalue weighted by atomic mass is 10.3. The van der Waals surface area contributed by atoms with E-state index in [4.69, 9.17) is 5.73 Å². The number of thiazole rings is 1. The Morgan fingerprint density at radius 3 is 2.71 bits per heavy atom. The number of halogens is 3. The number of amides is 1. The summed E-state index contributed by atoms with van der Waals surface area (Å²) in [6.45, 7) is 1.75. The van der Waals surface area contributed by atoms with E-state index in [-0.39, 0.29) is 5.75 Å². The molecule has 2 rings (SSSR count). The molecule has 0 fully saturated rings. The van der Waals surface area contributed by atoms with Crippen LogP contribution in [0.4, 0.5) is 24.0 Å². The second-order valence-electron chi connectivity index (χ2n) is 3.98. The number of hydrogen-bond donors (Lipinski definition) is 2. The molecule has 0 aliphatic heterocycles. The van der Waals surface area contributed by atoms with E-state index >= 15 is 0 Å². The van der Waals surface area contributed by atoms with E-state index in [1.165, 1.54) is 23.1 Å². The molecule has 0 saturated carbocycles. The molecule has 21 heavy (non-hydrogen) atoms. The van der Waals surface area contributed by atoms with Gasteiger partial charge in [0.25, 0.3) is 0 Å². The number of carbonyl (C=O) groups excluding carboxylic acids is 1. The van der Waals surface area contributed by atoms with Gasteiger partial charge in [-0.05, 0) is 19.1 Å². The molecule has 0 bridgehead atoms. The number of carbonyl (C=O) groups is 1. The molecule has 0 aliphatic carbocycles. The van der Waals surface area contributed by atoms with Crippen molar-refractivity contribution in [3.63, 3.8) is 0 Å². The Morgan fingerprint density at radius 2 is 2.10 bits per heavy atom. The quantitative estimate of drug-likeness (QED) is 0.666. The first-order valence-corrected chi connectivity index (χ1v) is 7.47. The van der Waals surface area contributed by atoms with Crippen molar-refractivity contribution in [2.75, 3.05) is 16.8 Å². The molecule has 0 saturated heterocycles. The average molecular weight is 333 g/mol. The maximum Gasteiger partial charge on any atom is 0.234 e. The molecular weight excluding hydrogens is 323 g/mol. The summed E-state index contributed by atoms with van der Waals surface area (Å²) in [7, 11) is 0. The zero-order chi connectivity index (χ0) is 15.6. The van der Waals surface area contributed by atoms with Crippen molar-refractivity contribution in [1.82, 2.24) is 4.98 Å². The second kappa shape index (κ2) is 6.35. The van der Waals surface area contributed by atoms with Crippen LogP contribution in [0.1, 0.15) is 5.69 Å². The number of anilines is 2. The Bertz CT molecular complexity index is 691. The van der Waals surface area contributed by atoms with Crippen molar-refractivity contribution in [1.29, 1.82) is 0 Å². The largest absolute Gasteiger partial charge is 0.375 e. The fraction of sp³-hybridized carbons (Fsp3) is 0.167. The third kappa shape index (κ3) is 3.67. The Morgan fingerprint density at radius 1 is 1.38 bits per heavy atom. The molecule has 1 aromatic carbocycles. The van der Waals surface area contributed by atoms with Crippen molar-refractivity contribution in [2.24, 2.45) is 0 Å². The van der Waals surface area contributed by atoms with Crippen molar-refractivity contribution in [3.05, 3.63) is 35.3 Å². The maximum atomic E-state index is 13.4. The molecule has 0 aliphatic rings. The van der Waals surface area contributed by atoms with Gasteiger partial charge in [0.05, 0.1) is 21.3 Å². The van der Waals surface area contributed by atoms with Crippen LogP contribution in [0.15, 0.2) is 16.3 Å². The number of hydrogen-bond acceptors (Lipinski definition) is 5. The van der Waals surface area contributed by atoms with E-state index < -0.39 is 29.0 Å². The van der Waals surface area contributed by atoms with Crippen molar-refractivity contribution in [3.8, 4) is 0 Å². The predicted molar refractivity (Wildman–Crippen MR) is 76.9 cm³/mol. The van der Waals surface area contributed by atoms with Crippen molar-refractivity contribution < 1.29 is 18.0 Å². The van der Waals surface area contributed by atoms with Gasteiger partial charge in [-0.3, -0.25) is 4.79 Å². The standard InChI is InChI=1S/C12H10F3N3OS2/c1-5-11(21-12(16)17-5)20-4-8(19)18-7-3-2-6(13)9(14)10(7)15/h2-3H,4H2,1H3,(H2,16,17)(H,18,19). The van der Waals surface area contributed by atoms with Gasteiger partial charge < -0.3 is 11.1 Å². The van der Waals surface area contributed by atoms with Crippen LogP contribution in [0.2, 0.25) is 0 Å². The van der Waals surface area contributed by atoms with Gasteiger partial charge in [0, 0.05) is 0 Å². The summed E-state index contributed by atoms with van der Waals surface area (Å²) < 4.78 is 39.9. The lowest BCUT2D eigenvalue weighted by Crippen LogP contribution is -2.15. The van der Waals surface area contributed by atoms with Crippen LogP contribution in [-0.4, -0.2) is 16.6 Å².